The molecular formula is C33H28ClF3N6O6. The summed E-state index contributed by atoms with van der Waals surface area (Å²) in [4.78, 5) is 32.5. The van der Waals surface area contributed by atoms with Gasteiger partial charge in [0.1, 0.15) is 34.5 Å². The molecule has 0 bridgehead atoms. The lowest BCUT2D eigenvalue weighted by molar-refractivity contribution is -0.228. The zero-order valence-corrected chi connectivity index (χ0v) is 26.6. The largest absolute Gasteiger partial charge is 0.480 e. The fourth-order valence-corrected chi connectivity index (χ4v) is 6.95. The molecule has 0 aliphatic carbocycles. The highest BCUT2D eigenvalue weighted by molar-refractivity contribution is 6.30. The smallest absolute Gasteiger partial charge is 0.451 e. The van der Waals surface area contributed by atoms with Gasteiger partial charge in [0.05, 0.1) is 37.4 Å². The maximum absolute atomic E-state index is 14.1. The number of ether oxygens (including phenoxy) is 3. The number of aromatic nitrogens is 4. The van der Waals surface area contributed by atoms with Gasteiger partial charge in [0.15, 0.2) is 11.4 Å². The lowest BCUT2D eigenvalue weighted by Gasteiger charge is -2.53. The van der Waals surface area contributed by atoms with Gasteiger partial charge in [0.2, 0.25) is 11.7 Å². The zero-order chi connectivity index (χ0) is 34.1. The van der Waals surface area contributed by atoms with Crippen molar-refractivity contribution < 1.29 is 41.7 Å². The molecule has 5 aromatic rings. The number of rotatable bonds is 6. The summed E-state index contributed by atoms with van der Waals surface area (Å²) in [5.41, 5.74) is 1.76. The van der Waals surface area contributed by atoms with Crippen molar-refractivity contribution in [3.05, 3.63) is 65.8 Å². The van der Waals surface area contributed by atoms with Gasteiger partial charge >= 0.3 is 12.1 Å². The number of para-hydroxylation sites is 1. The van der Waals surface area contributed by atoms with Crippen molar-refractivity contribution in [2.75, 3.05) is 42.7 Å². The number of carboxylic acids is 1. The summed E-state index contributed by atoms with van der Waals surface area (Å²) < 4.78 is 66.3. The van der Waals surface area contributed by atoms with Crippen LogP contribution >= 0.6 is 11.6 Å². The molecule has 1 N–H and O–H groups in total. The Morgan fingerprint density at radius 3 is 2.63 bits per heavy atom. The zero-order valence-electron chi connectivity index (χ0n) is 25.9. The highest BCUT2D eigenvalue weighted by Gasteiger charge is 2.50. The molecule has 0 saturated carbocycles. The molecule has 3 fully saturated rings. The maximum atomic E-state index is 14.1. The monoisotopic (exact) mass is 696 g/mol. The summed E-state index contributed by atoms with van der Waals surface area (Å²) in [7, 11) is 0. The van der Waals surface area contributed by atoms with Gasteiger partial charge in [-0.15, -0.1) is 0 Å². The third-order valence-electron chi connectivity index (χ3n) is 9.38. The number of benzene rings is 1. The molecule has 0 amide bonds. The van der Waals surface area contributed by atoms with Crippen LogP contribution in [0.3, 0.4) is 0 Å². The van der Waals surface area contributed by atoms with Crippen molar-refractivity contribution in [3.63, 3.8) is 0 Å². The third kappa shape index (κ3) is 5.45. The normalized spacial score (nSPS) is 22.2. The molecule has 254 valence electrons. The Morgan fingerprint density at radius 1 is 1.10 bits per heavy atom. The van der Waals surface area contributed by atoms with E-state index in [-0.39, 0.29) is 41.8 Å². The van der Waals surface area contributed by atoms with Crippen LogP contribution in [0.2, 0.25) is 5.02 Å². The topological polar surface area (TPSA) is 136 Å². The quantitative estimate of drug-likeness (QED) is 0.236. The first-order chi connectivity index (χ1) is 23.5. The first kappa shape index (κ1) is 31.5. The Kier molecular flexibility index (Phi) is 7.53. The molecule has 4 aromatic heterocycles. The fraction of sp³-hybridized carbons (Fsp3) is 0.364. The summed E-state index contributed by atoms with van der Waals surface area (Å²) in [6.07, 6.45) is -0.961. The van der Waals surface area contributed by atoms with E-state index in [2.05, 4.69) is 24.8 Å². The molecule has 8 rings (SSSR count). The van der Waals surface area contributed by atoms with Gasteiger partial charge in [-0.25, -0.2) is 19.7 Å². The lowest BCUT2D eigenvalue weighted by Crippen LogP contribution is -2.68. The van der Waals surface area contributed by atoms with Crippen LogP contribution in [0.5, 0.6) is 5.88 Å². The first-order valence-electron chi connectivity index (χ1n) is 15.5. The van der Waals surface area contributed by atoms with Gasteiger partial charge in [-0.05, 0) is 31.2 Å². The van der Waals surface area contributed by atoms with Crippen LogP contribution in [-0.2, 0) is 20.4 Å². The van der Waals surface area contributed by atoms with E-state index < -0.39 is 35.7 Å². The number of alkyl halides is 3. The van der Waals surface area contributed by atoms with E-state index in [1.165, 1.54) is 11.1 Å². The minimum absolute atomic E-state index is 0.0467. The van der Waals surface area contributed by atoms with Gasteiger partial charge in [-0.2, -0.15) is 13.2 Å². The average molecular weight is 697 g/mol. The summed E-state index contributed by atoms with van der Waals surface area (Å²) in [6, 6.07) is 8.77. The second kappa shape index (κ2) is 11.7. The Labute approximate surface area is 281 Å². The highest BCUT2D eigenvalue weighted by atomic mass is 35.5. The van der Waals surface area contributed by atoms with Crippen molar-refractivity contribution >= 4 is 51.1 Å². The number of furan rings is 1. The average Bonchev–Trinajstić information content (AvgIpc) is 3.65. The second-order valence-electron chi connectivity index (χ2n) is 12.3. The maximum Gasteiger partial charge on any atom is 0.451 e. The fourth-order valence-electron chi connectivity index (χ4n) is 6.77. The molecule has 1 spiro atoms. The minimum Gasteiger partial charge on any atom is -0.480 e. The van der Waals surface area contributed by atoms with E-state index in [0.29, 0.717) is 48.0 Å². The Hall–Kier alpha value is -4.73. The minimum atomic E-state index is -4.90. The first-order valence-corrected chi connectivity index (χ1v) is 15.9. The number of morpholine rings is 1. The molecule has 0 radical (unpaired) electrons. The predicted octanol–water partition coefficient (Wildman–Crippen LogP) is 5.61. The summed E-state index contributed by atoms with van der Waals surface area (Å²) in [5, 5.41) is 11.1. The summed E-state index contributed by atoms with van der Waals surface area (Å²) in [6.45, 7) is 3.71. The van der Waals surface area contributed by atoms with Crippen molar-refractivity contribution in [2.24, 2.45) is 0 Å². The van der Waals surface area contributed by atoms with Gasteiger partial charge in [0, 0.05) is 48.1 Å². The standard InChI is InChI=1S/C33H28ClF3N6O6/c1-17-32(15-46-16-32)47-7-6-42(17)23-9-19(18-8-20(34)13-38-11-18)12-39-29(23)48-21-10-24(30(44)45)43(14-21)28-27-26(40-31(41-28)33(35,36)37)22-4-2-3-5-25(22)49-27/h2-5,8-9,11-13,17,21,24H,6-7,10,14-16H2,1H3,(H,44,45)/t17-,21-,24-/m0/s1. The molecule has 3 aliphatic rings. The van der Waals surface area contributed by atoms with Gasteiger partial charge in [-0.3, -0.25) is 4.98 Å². The number of carbonyl (C=O) groups is 1. The molecule has 0 unspecified atom stereocenters. The van der Waals surface area contributed by atoms with E-state index in [1.54, 1.807) is 42.7 Å². The van der Waals surface area contributed by atoms with Crippen molar-refractivity contribution in [1.82, 2.24) is 19.9 Å². The second-order valence-corrected chi connectivity index (χ2v) is 12.8. The highest BCUT2D eigenvalue weighted by Crippen LogP contribution is 2.42. The van der Waals surface area contributed by atoms with Crippen LogP contribution < -0.4 is 14.5 Å². The lowest BCUT2D eigenvalue weighted by atomic mass is 9.90. The van der Waals surface area contributed by atoms with Gasteiger partial charge in [0.25, 0.3) is 0 Å². The molecule has 3 atom stereocenters. The Bertz CT molecular complexity index is 2090. The van der Waals surface area contributed by atoms with Gasteiger partial charge < -0.3 is 33.5 Å². The van der Waals surface area contributed by atoms with E-state index in [4.69, 9.17) is 30.2 Å². The number of fused-ring (bicyclic) bond motifs is 3. The van der Waals surface area contributed by atoms with Crippen LogP contribution in [0, 0.1) is 0 Å². The number of hydrogen-bond acceptors (Lipinski definition) is 11. The van der Waals surface area contributed by atoms with Crippen LogP contribution in [-0.4, -0.2) is 87.7 Å². The molecule has 49 heavy (non-hydrogen) atoms. The van der Waals surface area contributed by atoms with Crippen molar-refractivity contribution in [2.45, 2.75) is 43.3 Å². The number of nitrogens with zero attached hydrogens (tertiary/aromatic N) is 6. The Morgan fingerprint density at radius 2 is 1.90 bits per heavy atom. The molecular weight excluding hydrogens is 669 g/mol. The number of hydrogen-bond donors (Lipinski definition) is 1. The predicted molar refractivity (Wildman–Crippen MR) is 171 cm³/mol. The number of aliphatic carboxylic acids is 1. The van der Waals surface area contributed by atoms with Crippen molar-refractivity contribution in [3.8, 4) is 17.0 Å². The molecule has 7 heterocycles. The number of pyridine rings is 2. The van der Waals surface area contributed by atoms with Crippen LogP contribution in [0.25, 0.3) is 33.2 Å². The van der Waals surface area contributed by atoms with E-state index >= 15 is 0 Å². The molecule has 3 saturated heterocycles. The molecule has 16 heteroatoms. The van der Waals surface area contributed by atoms with E-state index in [0.717, 1.165) is 11.1 Å². The van der Waals surface area contributed by atoms with Crippen LogP contribution in [0.15, 0.2) is 59.4 Å². The molecule has 12 nitrogen and oxygen atoms in total. The number of anilines is 2. The molecule has 3 aliphatic heterocycles. The Balaban J connectivity index is 1.18. The number of halogens is 4. The van der Waals surface area contributed by atoms with E-state index in [1.807, 2.05) is 13.0 Å². The third-order valence-corrected chi connectivity index (χ3v) is 9.58. The van der Waals surface area contributed by atoms with E-state index in [9.17, 15) is 23.1 Å². The van der Waals surface area contributed by atoms with Crippen LogP contribution in [0.1, 0.15) is 19.2 Å². The summed E-state index contributed by atoms with van der Waals surface area (Å²) >= 11 is 6.23. The SMILES string of the molecule is C[C@@H]1N(c2cc(-c3cncc(Cl)c3)cnc2O[C@H]2C[C@@H](C(=O)O)N(c3nc(C(F)(F)F)nc4c3oc3ccccc34)C2)CCOC12COC2. The van der Waals surface area contributed by atoms with Crippen LogP contribution in [0.4, 0.5) is 24.7 Å². The number of carboxylic acid groups (broad SMARTS) is 1. The summed E-state index contributed by atoms with van der Waals surface area (Å²) in [5.74, 6) is -2.71. The van der Waals surface area contributed by atoms with Crippen molar-refractivity contribution in [1.29, 1.82) is 0 Å². The molecule has 1 aromatic carbocycles. The van der Waals surface area contributed by atoms with Gasteiger partial charge in [-0.1, -0.05) is 23.7 Å².